The third-order valence-corrected chi connectivity index (χ3v) is 2.23. The van der Waals surface area contributed by atoms with Gasteiger partial charge in [0.05, 0.1) is 6.54 Å². The zero-order valence-corrected chi connectivity index (χ0v) is 8.28. The molecule has 1 aliphatic heterocycles. The first-order chi connectivity index (χ1) is 7.12. The molecule has 8 heteroatoms. The highest BCUT2D eigenvalue weighted by molar-refractivity contribution is 5.75. The Labute approximate surface area is 87.9 Å². The fourth-order valence-electron chi connectivity index (χ4n) is 1.40. The SMILES string of the molecule is CC(OC(=O)C(F)(F)F)[C@H]1CC(F)(F)CN1. The maximum absolute atomic E-state index is 12.7. The lowest BCUT2D eigenvalue weighted by molar-refractivity contribution is -0.205. The molecule has 1 unspecified atom stereocenters. The second kappa shape index (κ2) is 4.15. The molecule has 1 rings (SSSR count). The average Bonchev–Trinajstić information content (AvgIpc) is 2.44. The molecule has 0 spiro atoms. The molecule has 0 aromatic heterocycles. The van der Waals surface area contributed by atoms with Crippen molar-refractivity contribution in [3.05, 3.63) is 0 Å². The summed E-state index contributed by atoms with van der Waals surface area (Å²) in [7, 11) is 0. The van der Waals surface area contributed by atoms with Crippen LogP contribution in [-0.2, 0) is 9.53 Å². The van der Waals surface area contributed by atoms with Crippen LogP contribution in [0.2, 0.25) is 0 Å². The number of ether oxygens (including phenoxy) is 1. The van der Waals surface area contributed by atoms with Gasteiger partial charge < -0.3 is 10.1 Å². The topological polar surface area (TPSA) is 38.3 Å². The number of carbonyl (C=O) groups excluding carboxylic acids is 1. The Hall–Kier alpha value is -0.920. The van der Waals surface area contributed by atoms with Gasteiger partial charge in [-0.15, -0.1) is 0 Å². The molecule has 2 atom stereocenters. The first kappa shape index (κ1) is 13.1. The zero-order valence-electron chi connectivity index (χ0n) is 8.28. The van der Waals surface area contributed by atoms with Crippen LogP contribution in [0.1, 0.15) is 13.3 Å². The molecule has 3 nitrogen and oxygen atoms in total. The summed E-state index contributed by atoms with van der Waals surface area (Å²) in [4.78, 5) is 10.4. The smallest absolute Gasteiger partial charge is 0.454 e. The summed E-state index contributed by atoms with van der Waals surface area (Å²) in [6, 6.07) is -0.957. The molecule has 94 valence electrons. The van der Waals surface area contributed by atoms with Gasteiger partial charge >= 0.3 is 12.1 Å². The van der Waals surface area contributed by atoms with Crippen molar-refractivity contribution in [1.29, 1.82) is 0 Å². The summed E-state index contributed by atoms with van der Waals surface area (Å²) in [6.07, 6.45) is -6.99. The molecule has 1 saturated heterocycles. The second-order valence-corrected chi connectivity index (χ2v) is 3.66. The van der Waals surface area contributed by atoms with E-state index in [1.807, 2.05) is 0 Å². The first-order valence-corrected chi connectivity index (χ1v) is 4.51. The van der Waals surface area contributed by atoms with Gasteiger partial charge in [-0.25, -0.2) is 13.6 Å². The summed E-state index contributed by atoms with van der Waals surface area (Å²) >= 11 is 0. The number of carbonyl (C=O) groups is 1. The van der Waals surface area contributed by atoms with Crippen molar-refractivity contribution in [2.24, 2.45) is 0 Å². The molecule has 1 heterocycles. The number of hydrogen-bond donors (Lipinski definition) is 1. The molecule has 0 aromatic rings. The largest absolute Gasteiger partial charge is 0.490 e. The van der Waals surface area contributed by atoms with E-state index < -0.39 is 43.2 Å². The van der Waals surface area contributed by atoms with Crippen molar-refractivity contribution in [1.82, 2.24) is 5.32 Å². The minimum absolute atomic E-state index is 0.619. The predicted molar refractivity (Wildman–Crippen MR) is 43.0 cm³/mol. The first-order valence-electron chi connectivity index (χ1n) is 4.51. The van der Waals surface area contributed by atoms with Crippen molar-refractivity contribution in [3.8, 4) is 0 Å². The normalized spacial score (nSPS) is 26.5. The van der Waals surface area contributed by atoms with Gasteiger partial charge in [0.15, 0.2) is 0 Å². The van der Waals surface area contributed by atoms with Gasteiger partial charge in [-0.2, -0.15) is 13.2 Å². The molecule has 1 aliphatic rings. The average molecular weight is 247 g/mol. The molecule has 0 saturated carbocycles. The van der Waals surface area contributed by atoms with E-state index in [-0.39, 0.29) is 0 Å². The minimum atomic E-state index is -5.10. The van der Waals surface area contributed by atoms with Crippen LogP contribution >= 0.6 is 0 Å². The third kappa shape index (κ3) is 3.29. The fourth-order valence-corrected chi connectivity index (χ4v) is 1.40. The highest BCUT2D eigenvalue weighted by atomic mass is 19.4. The van der Waals surface area contributed by atoms with Crippen LogP contribution in [0, 0.1) is 0 Å². The quantitative estimate of drug-likeness (QED) is 0.593. The van der Waals surface area contributed by atoms with Gasteiger partial charge in [-0.3, -0.25) is 0 Å². The van der Waals surface area contributed by atoms with Crippen LogP contribution in [0.3, 0.4) is 0 Å². The van der Waals surface area contributed by atoms with Crippen LogP contribution in [0.15, 0.2) is 0 Å². The molecule has 0 amide bonds. The van der Waals surface area contributed by atoms with E-state index in [4.69, 9.17) is 0 Å². The number of rotatable bonds is 2. The van der Waals surface area contributed by atoms with E-state index in [0.29, 0.717) is 0 Å². The van der Waals surface area contributed by atoms with Crippen molar-refractivity contribution in [2.75, 3.05) is 6.54 Å². The number of esters is 1. The number of halogens is 5. The van der Waals surface area contributed by atoms with Crippen LogP contribution < -0.4 is 5.32 Å². The van der Waals surface area contributed by atoms with Crippen LogP contribution in [0.5, 0.6) is 0 Å². The Bertz CT molecular complexity index is 278. The molecule has 0 aliphatic carbocycles. The maximum Gasteiger partial charge on any atom is 0.490 e. The Kier molecular flexibility index (Phi) is 3.41. The molecule has 0 radical (unpaired) electrons. The van der Waals surface area contributed by atoms with Gasteiger partial charge in [0.2, 0.25) is 0 Å². The van der Waals surface area contributed by atoms with Gasteiger partial charge in [-0.05, 0) is 6.92 Å². The van der Waals surface area contributed by atoms with Crippen molar-refractivity contribution in [3.63, 3.8) is 0 Å². The van der Waals surface area contributed by atoms with Gasteiger partial charge in [0.25, 0.3) is 5.92 Å². The van der Waals surface area contributed by atoms with Crippen LogP contribution in [0.4, 0.5) is 22.0 Å². The third-order valence-electron chi connectivity index (χ3n) is 2.23. The number of alkyl halides is 5. The minimum Gasteiger partial charge on any atom is -0.454 e. The molecule has 16 heavy (non-hydrogen) atoms. The summed E-state index contributed by atoms with van der Waals surface area (Å²) < 4.78 is 64.9. The Balaban J connectivity index is 2.48. The van der Waals surface area contributed by atoms with E-state index in [1.54, 1.807) is 0 Å². The standard InChI is InChI=1S/C8H10F5NO2/c1-4(16-6(15)8(11,12)13)5-2-7(9,10)3-14-5/h4-5,14H,2-3H2,1H3/t4?,5-/m1/s1. The molecule has 1 fully saturated rings. The Morgan fingerprint density at radius 3 is 2.44 bits per heavy atom. The van der Waals surface area contributed by atoms with Gasteiger partial charge in [0, 0.05) is 12.5 Å². The van der Waals surface area contributed by atoms with Crippen molar-refractivity contribution < 1.29 is 31.5 Å². The molecule has 1 N–H and O–H groups in total. The lowest BCUT2D eigenvalue weighted by atomic mass is 10.1. The van der Waals surface area contributed by atoms with Crippen molar-refractivity contribution in [2.45, 2.75) is 37.6 Å². The van der Waals surface area contributed by atoms with Crippen LogP contribution in [0.25, 0.3) is 0 Å². The lowest BCUT2D eigenvalue weighted by Crippen LogP contribution is -2.39. The van der Waals surface area contributed by atoms with E-state index >= 15 is 0 Å². The number of hydrogen-bond acceptors (Lipinski definition) is 3. The summed E-state index contributed by atoms with van der Waals surface area (Å²) in [6.45, 7) is 0.522. The van der Waals surface area contributed by atoms with Gasteiger partial charge in [-0.1, -0.05) is 0 Å². The summed E-state index contributed by atoms with van der Waals surface area (Å²) in [5.41, 5.74) is 0. The Morgan fingerprint density at radius 1 is 1.50 bits per heavy atom. The maximum atomic E-state index is 12.7. The summed E-state index contributed by atoms with van der Waals surface area (Å²) in [5.74, 6) is -5.33. The van der Waals surface area contributed by atoms with E-state index in [1.165, 1.54) is 0 Å². The van der Waals surface area contributed by atoms with Crippen molar-refractivity contribution >= 4 is 5.97 Å². The summed E-state index contributed by atoms with van der Waals surface area (Å²) in [5, 5.41) is 2.31. The molecular formula is C8H10F5NO2. The second-order valence-electron chi connectivity index (χ2n) is 3.66. The molecular weight excluding hydrogens is 237 g/mol. The zero-order chi connectivity index (χ0) is 12.6. The lowest BCUT2D eigenvalue weighted by Gasteiger charge is -2.20. The van der Waals surface area contributed by atoms with Gasteiger partial charge in [0.1, 0.15) is 6.10 Å². The highest BCUT2D eigenvalue weighted by Gasteiger charge is 2.46. The fraction of sp³-hybridized carbons (Fsp3) is 0.875. The molecule has 0 bridgehead atoms. The monoisotopic (exact) mass is 247 g/mol. The van der Waals surface area contributed by atoms with E-state index in [9.17, 15) is 26.7 Å². The highest BCUT2D eigenvalue weighted by Crippen LogP contribution is 2.28. The van der Waals surface area contributed by atoms with E-state index in [2.05, 4.69) is 10.1 Å². The Morgan fingerprint density at radius 2 is 2.06 bits per heavy atom. The molecule has 0 aromatic carbocycles. The number of nitrogens with one attached hydrogen (secondary N) is 1. The van der Waals surface area contributed by atoms with Crippen LogP contribution in [-0.4, -0.2) is 36.8 Å². The van der Waals surface area contributed by atoms with E-state index in [0.717, 1.165) is 6.92 Å². The predicted octanol–water partition coefficient (Wildman–Crippen LogP) is 1.48.